The Labute approximate surface area is 199 Å². The van der Waals surface area contributed by atoms with Crippen molar-refractivity contribution in [3.63, 3.8) is 0 Å². The number of aromatic nitrogens is 3. The molecular weight excluding hydrogens is 483 g/mol. The number of pyridine rings is 3. The maximum absolute atomic E-state index is 13.4. The second-order valence-electron chi connectivity index (χ2n) is 8.04. The molecule has 1 aliphatic carbocycles. The fraction of sp³-hybridized carbons (Fsp3) is 0.304. The Balaban J connectivity index is 1.84. The van der Waals surface area contributed by atoms with Crippen molar-refractivity contribution in [1.82, 2.24) is 15.0 Å². The van der Waals surface area contributed by atoms with E-state index in [1.807, 2.05) is 6.07 Å². The molecule has 1 saturated carbocycles. The average Bonchev–Trinajstić information content (AvgIpc) is 3.66. The van der Waals surface area contributed by atoms with Crippen LogP contribution in [0.4, 0.5) is 18.9 Å². The first kappa shape index (κ1) is 24.4. The van der Waals surface area contributed by atoms with Gasteiger partial charge in [0.25, 0.3) is 0 Å². The van der Waals surface area contributed by atoms with E-state index in [2.05, 4.69) is 19.7 Å². The molecule has 3 aromatic heterocycles. The molecule has 3 aromatic rings. The average molecular weight is 504 g/mol. The van der Waals surface area contributed by atoms with Gasteiger partial charge in [-0.1, -0.05) is 0 Å². The molecule has 4 rings (SSSR count). The van der Waals surface area contributed by atoms with Crippen molar-refractivity contribution in [2.45, 2.75) is 38.8 Å². The lowest BCUT2D eigenvalue weighted by Gasteiger charge is -2.18. The van der Waals surface area contributed by atoms with Gasteiger partial charge in [-0.05, 0) is 56.5 Å². The Morgan fingerprint density at radius 3 is 2.57 bits per heavy atom. The minimum Gasteiger partial charge on any atom is -0.435 e. The minimum absolute atomic E-state index is 0.0149. The third kappa shape index (κ3) is 5.51. The first-order valence-corrected chi connectivity index (χ1v) is 12.3. The zero-order valence-corrected chi connectivity index (χ0v) is 19.5. The van der Waals surface area contributed by atoms with Gasteiger partial charge in [0.05, 0.1) is 22.7 Å². The number of ether oxygens (including phenoxy) is 1. The summed E-state index contributed by atoms with van der Waals surface area (Å²) in [6, 6.07) is 7.39. The molecular formula is C23H20F3N5O3S. The highest BCUT2D eigenvalue weighted by molar-refractivity contribution is 7.92. The van der Waals surface area contributed by atoms with Gasteiger partial charge in [0.1, 0.15) is 17.5 Å². The molecule has 0 bridgehead atoms. The SMILES string of the molecule is CCS(=O)(=O)Nc1ccc(-c2cncc(C#N)c2)nc1Oc1c(C)cc(C(F)(F)F)nc1C1CC1. The van der Waals surface area contributed by atoms with Gasteiger partial charge in [0.15, 0.2) is 5.75 Å². The zero-order valence-electron chi connectivity index (χ0n) is 18.7. The largest absolute Gasteiger partial charge is 0.435 e. The molecule has 0 aliphatic heterocycles. The van der Waals surface area contributed by atoms with Gasteiger partial charge in [0, 0.05) is 23.9 Å². The van der Waals surface area contributed by atoms with E-state index in [0.29, 0.717) is 29.7 Å². The lowest BCUT2D eigenvalue weighted by Crippen LogP contribution is -2.16. The molecule has 0 aromatic carbocycles. The van der Waals surface area contributed by atoms with Crippen LogP contribution in [0, 0.1) is 18.3 Å². The van der Waals surface area contributed by atoms with Crippen molar-refractivity contribution in [3.8, 4) is 29.0 Å². The van der Waals surface area contributed by atoms with Gasteiger partial charge in [-0.3, -0.25) is 9.71 Å². The molecule has 1 fully saturated rings. The minimum atomic E-state index is -4.62. The topological polar surface area (TPSA) is 118 Å². The van der Waals surface area contributed by atoms with Gasteiger partial charge in [-0.25, -0.2) is 18.4 Å². The molecule has 8 nitrogen and oxygen atoms in total. The second kappa shape index (κ2) is 9.14. The molecule has 3 heterocycles. The van der Waals surface area contributed by atoms with Crippen LogP contribution < -0.4 is 9.46 Å². The summed E-state index contributed by atoms with van der Waals surface area (Å²) in [4.78, 5) is 12.2. The van der Waals surface area contributed by atoms with Crippen LogP contribution in [0.2, 0.25) is 0 Å². The molecule has 0 saturated heterocycles. The highest BCUT2D eigenvalue weighted by Gasteiger charge is 2.37. The lowest BCUT2D eigenvalue weighted by molar-refractivity contribution is -0.141. The summed E-state index contributed by atoms with van der Waals surface area (Å²) in [6.07, 6.45) is -0.433. The number of anilines is 1. The zero-order chi connectivity index (χ0) is 25.4. The molecule has 0 radical (unpaired) electrons. The van der Waals surface area contributed by atoms with Crippen LogP contribution in [-0.4, -0.2) is 29.1 Å². The predicted molar refractivity (Wildman–Crippen MR) is 121 cm³/mol. The van der Waals surface area contributed by atoms with E-state index >= 15 is 0 Å². The Hall–Kier alpha value is -3.72. The van der Waals surface area contributed by atoms with Crippen LogP contribution in [0.1, 0.15) is 48.2 Å². The quantitative estimate of drug-likeness (QED) is 0.473. The predicted octanol–water partition coefficient (Wildman–Crippen LogP) is 5.17. The maximum Gasteiger partial charge on any atom is 0.433 e. The van der Waals surface area contributed by atoms with Crippen LogP contribution in [0.25, 0.3) is 11.3 Å². The summed E-state index contributed by atoms with van der Waals surface area (Å²) in [6.45, 7) is 2.93. The molecule has 1 aliphatic rings. The molecule has 182 valence electrons. The van der Waals surface area contributed by atoms with Crippen molar-refractivity contribution in [1.29, 1.82) is 5.26 Å². The molecule has 35 heavy (non-hydrogen) atoms. The molecule has 0 atom stereocenters. The third-order valence-electron chi connectivity index (χ3n) is 5.31. The van der Waals surface area contributed by atoms with E-state index in [4.69, 9.17) is 10.00 Å². The van der Waals surface area contributed by atoms with E-state index in [0.717, 1.165) is 6.07 Å². The van der Waals surface area contributed by atoms with Crippen LogP contribution in [0.15, 0.2) is 36.7 Å². The first-order chi connectivity index (χ1) is 16.5. The second-order valence-corrected chi connectivity index (χ2v) is 10.1. The van der Waals surface area contributed by atoms with Crippen molar-refractivity contribution in [3.05, 3.63) is 59.2 Å². The first-order valence-electron chi connectivity index (χ1n) is 10.6. The monoisotopic (exact) mass is 503 g/mol. The Kier molecular flexibility index (Phi) is 6.38. The number of hydrogen-bond donors (Lipinski definition) is 1. The van der Waals surface area contributed by atoms with Gasteiger partial charge >= 0.3 is 6.18 Å². The number of hydrogen-bond acceptors (Lipinski definition) is 7. The van der Waals surface area contributed by atoms with E-state index in [1.165, 1.54) is 38.4 Å². The Bertz CT molecular complexity index is 1430. The Morgan fingerprint density at radius 2 is 1.94 bits per heavy atom. The number of nitrogens with one attached hydrogen (secondary N) is 1. The summed E-state index contributed by atoms with van der Waals surface area (Å²) in [5.41, 5.74) is 0.443. The van der Waals surface area contributed by atoms with E-state index in [1.54, 1.807) is 6.07 Å². The highest BCUT2D eigenvalue weighted by Crippen LogP contribution is 2.47. The number of nitrogens with zero attached hydrogens (tertiary/aromatic N) is 4. The van der Waals surface area contributed by atoms with E-state index in [9.17, 15) is 21.6 Å². The number of sulfonamides is 1. The fourth-order valence-corrected chi connectivity index (χ4v) is 3.97. The lowest BCUT2D eigenvalue weighted by atomic mass is 10.1. The van der Waals surface area contributed by atoms with Crippen molar-refractivity contribution < 1.29 is 26.3 Å². The van der Waals surface area contributed by atoms with Crippen LogP contribution >= 0.6 is 0 Å². The molecule has 1 N–H and O–H groups in total. The summed E-state index contributed by atoms with van der Waals surface area (Å²) in [7, 11) is -3.72. The standard InChI is InChI=1S/C23H20F3N5O3S/c1-3-35(32,33)31-18-7-6-17(16-9-14(10-27)11-28-12-16)29-22(18)34-21-13(2)8-19(23(24,25)26)30-20(21)15-4-5-15/h6-9,11-12,15,31H,3-5H2,1-2H3. The van der Waals surface area contributed by atoms with E-state index < -0.39 is 21.9 Å². The number of aryl methyl sites for hydroxylation is 1. The number of rotatable bonds is 7. The van der Waals surface area contributed by atoms with Crippen molar-refractivity contribution in [2.24, 2.45) is 0 Å². The normalized spacial score (nSPS) is 13.8. The van der Waals surface area contributed by atoms with Crippen LogP contribution in [0.3, 0.4) is 0 Å². The molecule has 0 amide bonds. The van der Waals surface area contributed by atoms with Gasteiger partial charge in [0.2, 0.25) is 15.9 Å². The highest BCUT2D eigenvalue weighted by atomic mass is 32.2. The summed E-state index contributed by atoms with van der Waals surface area (Å²) < 4.78 is 73.0. The van der Waals surface area contributed by atoms with Gasteiger partial charge in [-0.2, -0.15) is 18.4 Å². The summed E-state index contributed by atoms with van der Waals surface area (Å²) in [5, 5.41) is 9.16. The smallest absolute Gasteiger partial charge is 0.433 e. The molecule has 12 heteroatoms. The maximum atomic E-state index is 13.4. The van der Waals surface area contributed by atoms with Gasteiger partial charge in [-0.15, -0.1) is 0 Å². The number of halogens is 3. The summed E-state index contributed by atoms with van der Waals surface area (Å²) >= 11 is 0. The van der Waals surface area contributed by atoms with Crippen molar-refractivity contribution in [2.75, 3.05) is 10.5 Å². The molecule has 0 unspecified atom stereocenters. The van der Waals surface area contributed by atoms with Crippen LogP contribution in [0.5, 0.6) is 11.6 Å². The molecule has 0 spiro atoms. The van der Waals surface area contributed by atoms with Crippen molar-refractivity contribution >= 4 is 15.7 Å². The van der Waals surface area contributed by atoms with Crippen LogP contribution in [-0.2, 0) is 16.2 Å². The number of nitriles is 1. The third-order valence-corrected chi connectivity index (χ3v) is 6.60. The van der Waals surface area contributed by atoms with E-state index in [-0.39, 0.29) is 40.2 Å². The van der Waals surface area contributed by atoms with Gasteiger partial charge < -0.3 is 4.74 Å². The fourth-order valence-electron chi connectivity index (χ4n) is 3.33. The summed E-state index contributed by atoms with van der Waals surface area (Å²) in [5.74, 6) is -0.461. The number of alkyl halides is 3. The Morgan fingerprint density at radius 1 is 1.20 bits per heavy atom.